The van der Waals surface area contributed by atoms with E-state index in [2.05, 4.69) is 5.73 Å². The van der Waals surface area contributed by atoms with Crippen LogP contribution in [0.2, 0.25) is 0 Å². The predicted octanol–water partition coefficient (Wildman–Crippen LogP) is -3.21. The Bertz CT molecular complexity index is 94.6. The monoisotopic (exact) mass is 176 g/mol. The Morgan fingerprint density at radius 2 is 2.00 bits per heavy atom. The molecule has 48 valence electrons. The van der Waals surface area contributed by atoms with Crippen molar-refractivity contribution in [1.82, 2.24) is 5.09 Å². The van der Waals surface area contributed by atoms with Gasteiger partial charge in [0.15, 0.2) is 0 Å². The quantitative estimate of drug-likeness (QED) is 0.325. The molecule has 0 aliphatic carbocycles. The van der Waals surface area contributed by atoms with Gasteiger partial charge in [0.2, 0.25) is 0 Å². The minimum atomic E-state index is -0.785. The van der Waals surface area contributed by atoms with Gasteiger partial charge in [-0.3, -0.25) is 5.09 Å². The van der Waals surface area contributed by atoms with E-state index < -0.39 is 14.6 Å². The summed E-state index contributed by atoms with van der Waals surface area (Å²) >= 11 is 0. The molecule has 0 rings (SSSR count). The molecule has 0 aromatic rings. The van der Waals surface area contributed by atoms with E-state index in [0.29, 0.717) is 0 Å². The Labute approximate surface area is 97.9 Å². The Morgan fingerprint density at radius 3 is 2.00 bits per heavy atom. The number of carbonyl (C=O) groups excluding carboxylic acids is 2. The fraction of sp³-hybridized carbons (Fsp3) is 0. The number of hydrogen-bond acceptors (Lipinski definition) is 3. The van der Waals surface area contributed by atoms with Gasteiger partial charge in [-0.05, 0) is 0 Å². The van der Waals surface area contributed by atoms with Crippen LogP contribution < -0.4 is 62.2 Å². The summed E-state index contributed by atoms with van der Waals surface area (Å²) in [4.78, 5) is 17.5. The standard InChI is InChI=1S/CH3N2O2P.CH2O.K.H/c2-1(4)3-6-5;1-2;;/h(H3,2,3,4,5);1H2;;/q;;+1;-1. The molecule has 0 saturated carbocycles. The maximum Gasteiger partial charge on any atom is 1.00 e. The first-order valence-electron chi connectivity index (χ1n) is 1.44. The van der Waals surface area contributed by atoms with Gasteiger partial charge in [0.05, 0.1) is 0 Å². The Morgan fingerprint density at radius 1 is 1.67 bits per heavy atom. The molecule has 5 nitrogen and oxygen atoms in total. The molecule has 0 spiro atoms. The summed E-state index contributed by atoms with van der Waals surface area (Å²) < 4.78 is 9.30. The van der Waals surface area contributed by atoms with Gasteiger partial charge in [0, 0.05) is 0 Å². The van der Waals surface area contributed by atoms with Crippen molar-refractivity contribution in [2.24, 2.45) is 5.73 Å². The van der Waals surface area contributed by atoms with Gasteiger partial charge < -0.3 is 12.0 Å². The van der Waals surface area contributed by atoms with Crippen molar-refractivity contribution in [1.29, 1.82) is 0 Å². The van der Waals surface area contributed by atoms with Gasteiger partial charge in [0.25, 0.3) is 8.61 Å². The van der Waals surface area contributed by atoms with Crippen LogP contribution in [0.1, 0.15) is 1.43 Å². The van der Waals surface area contributed by atoms with Crippen molar-refractivity contribution in [2.75, 3.05) is 0 Å². The number of primary amides is 1. The zero-order valence-electron chi connectivity index (χ0n) is 5.96. The molecule has 0 saturated heterocycles. The van der Waals surface area contributed by atoms with Gasteiger partial charge >= 0.3 is 57.4 Å². The van der Waals surface area contributed by atoms with Gasteiger partial charge in [-0.25, -0.2) is 9.36 Å². The summed E-state index contributed by atoms with van der Waals surface area (Å²) in [7, 11) is -0.451. The Hall–Kier alpha value is 0.676. The van der Waals surface area contributed by atoms with E-state index >= 15 is 0 Å². The van der Waals surface area contributed by atoms with E-state index in [-0.39, 0.29) is 52.8 Å². The second-order valence-corrected chi connectivity index (χ2v) is 0.974. The third-order valence-electron chi connectivity index (χ3n) is 0.156. The topological polar surface area (TPSA) is 89.3 Å². The molecule has 0 unspecified atom stereocenters. The predicted molar refractivity (Wildman–Crippen MR) is 28.6 cm³/mol. The summed E-state index contributed by atoms with van der Waals surface area (Å²) in [5.74, 6) is 0. The van der Waals surface area contributed by atoms with Crippen LogP contribution in [0.5, 0.6) is 0 Å². The van der Waals surface area contributed by atoms with Crippen molar-refractivity contribution < 1.29 is 67.0 Å². The van der Waals surface area contributed by atoms with E-state index in [1.165, 1.54) is 0 Å². The summed E-state index contributed by atoms with van der Waals surface area (Å²) in [6.07, 6.45) is 0. The zero-order valence-corrected chi connectivity index (χ0v) is 8.97. The second-order valence-electron chi connectivity index (χ2n) is 0.567. The number of hydrogen-bond donors (Lipinski definition) is 2. The molecule has 0 aliphatic rings. The van der Waals surface area contributed by atoms with Crippen molar-refractivity contribution in [3.05, 3.63) is 0 Å². The first kappa shape index (κ1) is 16.3. The first-order chi connectivity index (χ1) is 3.77. The molecule has 0 radical (unpaired) electrons. The van der Waals surface area contributed by atoms with Gasteiger partial charge in [0.1, 0.15) is 6.79 Å². The molecule has 0 fully saturated rings. The number of rotatable bonds is 1. The van der Waals surface area contributed by atoms with Crippen LogP contribution in [0.4, 0.5) is 4.79 Å². The number of urea groups is 1. The van der Waals surface area contributed by atoms with E-state index in [1.54, 1.807) is 5.09 Å². The second kappa shape index (κ2) is 15.9. The van der Waals surface area contributed by atoms with Crippen molar-refractivity contribution in [2.45, 2.75) is 0 Å². The van der Waals surface area contributed by atoms with Crippen molar-refractivity contribution in [3.63, 3.8) is 0 Å². The first-order valence-corrected chi connectivity index (χ1v) is 2.25. The van der Waals surface area contributed by atoms with Crippen LogP contribution in [-0.2, 0) is 9.36 Å². The van der Waals surface area contributed by atoms with Crippen molar-refractivity contribution >= 4 is 21.4 Å². The SMILES string of the molecule is C=O.NC(=O)NP=O.[H-].[K+]. The smallest absolute Gasteiger partial charge is 1.00 e. The maximum atomic E-state index is 9.50. The summed E-state index contributed by atoms with van der Waals surface area (Å²) in [6, 6.07) is -0.785. The molecule has 2 amide bonds. The largest absolute Gasteiger partial charge is 1.00 e. The van der Waals surface area contributed by atoms with E-state index in [9.17, 15) is 9.36 Å². The van der Waals surface area contributed by atoms with Crippen LogP contribution in [0.25, 0.3) is 0 Å². The third-order valence-corrected chi connectivity index (χ3v) is 0.468. The third kappa shape index (κ3) is 28.6. The molecule has 3 N–H and O–H groups in total. The fourth-order valence-electron chi connectivity index (χ4n) is 0.0450. The molecule has 0 aliphatic heterocycles. The molecule has 7 heteroatoms. The van der Waals surface area contributed by atoms with Crippen molar-refractivity contribution in [3.8, 4) is 0 Å². The minimum absolute atomic E-state index is 0. The summed E-state index contributed by atoms with van der Waals surface area (Å²) in [5.41, 5.74) is 4.45. The summed E-state index contributed by atoms with van der Waals surface area (Å²) in [5, 5.41) is 1.76. The molecule has 0 heterocycles. The summed E-state index contributed by atoms with van der Waals surface area (Å²) in [6.45, 7) is 2.00. The van der Waals surface area contributed by atoms with Crippen LogP contribution in [-0.4, -0.2) is 12.8 Å². The molecule has 0 aromatic heterocycles. The molecule has 0 bridgehead atoms. The van der Waals surface area contributed by atoms with Gasteiger partial charge in [-0.2, -0.15) is 0 Å². The Balaban J connectivity index is -0.0000000412. The van der Waals surface area contributed by atoms with Gasteiger partial charge in [-0.15, -0.1) is 0 Å². The zero-order chi connectivity index (χ0) is 6.99. The number of nitrogens with one attached hydrogen (secondary N) is 1. The maximum absolute atomic E-state index is 9.50. The van der Waals surface area contributed by atoms with Crippen LogP contribution in [0.15, 0.2) is 0 Å². The molecular weight excluding hydrogens is 170 g/mol. The minimum Gasteiger partial charge on any atom is -1.00 e. The molecular formula is C2H6KN2O3P. The van der Waals surface area contributed by atoms with E-state index in [0.717, 1.165) is 0 Å². The number of carbonyl (C=O) groups is 2. The average molecular weight is 176 g/mol. The molecule has 9 heavy (non-hydrogen) atoms. The van der Waals surface area contributed by atoms with Gasteiger partial charge in [-0.1, -0.05) is 0 Å². The van der Waals surface area contributed by atoms with Crippen LogP contribution in [0.3, 0.4) is 0 Å². The van der Waals surface area contributed by atoms with Crippen LogP contribution >= 0.6 is 8.61 Å². The normalized spacial score (nSPS) is 5.78. The Kier molecular flexibility index (Phi) is 28.8. The number of nitrogens with two attached hydrogens (primary N) is 1. The molecule has 0 aromatic carbocycles. The van der Waals surface area contributed by atoms with E-state index in [4.69, 9.17) is 4.79 Å². The van der Waals surface area contributed by atoms with E-state index in [1.807, 2.05) is 6.79 Å². The average Bonchev–Trinajstić information content (AvgIpc) is 1.72. The molecule has 0 atom stereocenters. The van der Waals surface area contributed by atoms with Crippen LogP contribution in [0, 0.1) is 0 Å². The number of amides is 2. The fourth-order valence-corrected chi connectivity index (χ4v) is 0.135.